The van der Waals surface area contributed by atoms with Crippen molar-refractivity contribution in [1.82, 2.24) is 10.2 Å². The molecule has 1 amide bonds. The zero-order chi connectivity index (χ0) is 19.8. The molecule has 0 radical (unpaired) electrons. The van der Waals surface area contributed by atoms with E-state index in [1.807, 2.05) is 6.07 Å². The van der Waals surface area contributed by atoms with Gasteiger partial charge >= 0.3 is 0 Å². The molecule has 5 nitrogen and oxygen atoms in total. The van der Waals surface area contributed by atoms with E-state index in [1.54, 1.807) is 12.1 Å². The number of nitrogens with one attached hydrogen (secondary N) is 1. The fraction of sp³-hybridized carbons (Fsp3) is 0.348. The third kappa shape index (κ3) is 6.13. The van der Waals surface area contributed by atoms with Crippen LogP contribution in [0.15, 0.2) is 54.6 Å². The van der Waals surface area contributed by atoms with Gasteiger partial charge < -0.3 is 20.4 Å². The summed E-state index contributed by atoms with van der Waals surface area (Å²) in [6, 6.07) is 15.2. The highest BCUT2D eigenvalue weighted by atomic mass is 16.3. The first kappa shape index (κ1) is 20.0. The van der Waals surface area contributed by atoms with Gasteiger partial charge in [-0.2, -0.15) is 0 Å². The number of amides is 1. The van der Waals surface area contributed by atoms with Crippen molar-refractivity contribution in [2.24, 2.45) is 0 Å². The number of likely N-dealkylation sites (tertiary alicyclic amines) is 1. The Kier molecular flexibility index (Phi) is 7.09. The standard InChI is InChI=1S/C23H28N2O3/c26-21-10-8-19(17-22(21)27)9-11-23(28)24-20-12-15-25(16-13-20)14-4-7-18-5-2-1-3-6-18/h1-3,5-6,8-11,17,20,26-27H,4,7,12-16H2,(H,24,28). The monoisotopic (exact) mass is 380 g/mol. The Bertz CT molecular complexity index is 797. The minimum Gasteiger partial charge on any atom is -0.504 e. The number of rotatable bonds is 7. The van der Waals surface area contributed by atoms with E-state index < -0.39 is 0 Å². The number of benzene rings is 2. The molecule has 2 aromatic rings. The maximum atomic E-state index is 12.1. The Hall–Kier alpha value is -2.79. The van der Waals surface area contributed by atoms with E-state index in [0.29, 0.717) is 5.56 Å². The number of aryl methyl sites for hydroxylation is 1. The molecule has 5 heteroatoms. The number of hydrogen-bond acceptors (Lipinski definition) is 4. The lowest BCUT2D eigenvalue weighted by Crippen LogP contribution is -2.44. The van der Waals surface area contributed by atoms with Gasteiger partial charge in [0, 0.05) is 25.2 Å². The van der Waals surface area contributed by atoms with Crippen LogP contribution in [0.5, 0.6) is 11.5 Å². The largest absolute Gasteiger partial charge is 0.504 e. The van der Waals surface area contributed by atoms with Crippen LogP contribution >= 0.6 is 0 Å². The van der Waals surface area contributed by atoms with Gasteiger partial charge in [-0.15, -0.1) is 0 Å². The molecular formula is C23H28N2O3. The van der Waals surface area contributed by atoms with Crippen LogP contribution in [0.3, 0.4) is 0 Å². The molecule has 1 aliphatic rings. The second kappa shape index (κ2) is 9.95. The average Bonchev–Trinajstić information content (AvgIpc) is 2.71. The number of carbonyl (C=O) groups is 1. The Labute approximate surface area is 166 Å². The van der Waals surface area contributed by atoms with Crippen LogP contribution in [0.4, 0.5) is 0 Å². The Balaban J connectivity index is 1.36. The SMILES string of the molecule is O=C(C=Cc1ccc(O)c(O)c1)NC1CCN(CCCc2ccccc2)CC1. The molecule has 1 fully saturated rings. The molecule has 3 N–H and O–H groups in total. The third-order valence-corrected chi connectivity index (χ3v) is 5.14. The summed E-state index contributed by atoms with van der Waals surface area (Å²) >= 11 is 0. The van der Waals surface area contributed by atoms with Gasteiger partial charge in [0.05, 0.1) is 0 Å². The van der Waals surface area contributed by atoms with E-state index in [4.69, 9.17) is 0 Å². The molecule has 0 aromatic heterocycles. The van der Waals surface area contributed by atoms with Gasteiger partial charge in [0.1, 0.15) is 0 Å². The van der Waals surface area contributed by atoms with Gasteiger partial charge in [-0.1, -0.05) is 36.4 Å². The van der Waals surface area contributed by atoms with Gasteiger partial charge in [-0.25, -0.2) is 0 Å². The number of phenolic OH excluding ortho intramolecular Hbond substituents is 2. The van der Waals surface area contributed by atoms with Crippen LogP contribution in [0.1, 0.15) is 30.4 Å². The molecule has 0 bridgehead atoms. The Morgan fingerprint density at radius 2 is 1.82 bits per heavy atom. The van der Waals surface area contributed by atoms with E-state index in [2.05, 4.69) is 34.5 Å². The molecule has 0 aliphatic carbocycles. The van der Waals surface area contributed by atoms with E-state index >= 15 is 0 Å². The summed E-state index contributed by atoms with van der Waals surface area (Å²) in [6.45, 7) is 3.12. The highest BCUT2D eigenvalue weighted by molar-refractivity contribution is 5.92. The Morgan fingerprint density at radius 3 is 2.54 bits per heavy atom. The van der Waals surface area contributed by atoms with Crippen molar-refractivity contribution in [3.63, 3.8) is 0 Å². The van der Waals surface area contributed by atoms with E-state index in [9.17, 15) is 15.0 Å². The lowest BCUT2D eigenvalue weighted by Gasteiger charge is -2.32. The van der Waals surface area contributed by atoms with Gasteiger partial charge in [-0.3, -0.25) is 4.79 Å². The van der Waals surface area contributed by atoms with Crippen LogP contribution < -0.4 is 5.32 Å². The van der Waals surface area contributed by atoms with Gasteiger partial charge in [0.15, 0.2) is 11.5 Å². The van der Waals surface area contributed by atoms with Crippen molar-refractivity contribution in [1.29, 1.82) is 0 Å². The average molecular weight is 380 g/mol. The van der Waals surface area contributed by atoms with Gasteiger partial charge in [0.2, 0.25) is 5.91 Å². The molecule has 148 valence electrons. The summed E-state index contributed by atoms with van der Waals surface area (Å²) in [4.78, 5) is 14.6. The predicted octanol–water partition coefficient (Wildman–Crippen LogP) is 3.32. The van der Waals surface area contributed by atoms with Crippen molar-refractivity contribution in [3.8, 4) is 11.5 Å². The van der Waals surface area contributed by atoms with Crippen LogP contribution in [-0.2, 0) is 11.2 Å². The normalized spacial score (nSPS) is 15.7. The number of phenols is 2. The van der Waals surface area contributed by atoms with Gasteiger partial charge in [0.25, 0.3) is 0 Å². The lowest BCUT2D eigenvalue weighted by molar-refractivity contribution is -0.117. The predicted molar refractivity (Wildman–Crippen MR) is 111 cm³/mol. The highest BCUT2D eigenvalue weighted by Crippen LogP contribution is 2.25. The van der Waals surface area contributed by atoms with E-state index in [0.717, 1.165) is 45.3 Å². The van der Waals surface area contributed by atoms with E-state index in [1.165, 1.54) is 23.8 Å². The molecule has 1 aliphatic heterocycles. The van der Waals surface area contributed by atoms with Crippen LogP contribution in [0.25, 0.3) is 6.08 Å². The molecule has 0 unspecified atom stereocenters. The molecular weight excluding hydrogens is 352 g/mol. The summed E-state index contributed by atoms with van der Waals surface area (Å²) in [5, 5.41) is 21.9. The van der Waals surface area contributed by atoms with Crippen LogP contribution in [0, 0.1) is 0 Å². The second-order valence-electron chi connectivity index (χ2n) is 7.30. The van der Waals surface area contributed by atoms with Crippen molar-refractivity contribution in [2.75, 3.05) is 19.6 Å². The number of carbonyl (C=O) groups excluding carboxylic acids is 1. The minimum atomic E-state index is -0.192. The first-order chi connectivity index (χ1) is 13.6. The molecule has 1 heterocycles. The fourth-order valence-corrected chi connectivity index (χ4v) is 3.52. The summed E-state index contributed by atoms with van der Waals surface area (Å²) in [5.74, 6) is -0.491. The van der Waals surface area contributed by atoms with Crippen molar-refractivity contribution < 1.29 is 15.0 Å². The van der Waals surface area contributed by atoms with Crippen LogP contribution in [0.2, 0.25) is 0 Å². The number of nitrogens with zero attached hydrogens (tertiary/aromatic N) is 1. The lowest BCUT2D eigenvalue weighted by atomic mass is 10.0. The van der Waals surface area contributed by atoms with Gasteiger partial charge in [-0.05, 0) is 61.6 Å². The quantitative estimate of drug-likeness (QED) is 0.509. The first-order valence-corrected chi connectivity index (χ1v) is 9.87. The minimum absolute atomic E-state index is 0.130. The summed E-state index contributed by atoms with van der Waals surface area (Å²) in [5.41, 5.74) is 2.05. The summed E-state index contributed by atoms with van der Waals surface area (Å²) in [6.07, 6.45) is 7.29. The Morgan fingerprint density at radius 1 is 1.07 bits per heavy atom. The molecule has 2 aromatic carbocycles. The molecule has 1 saturated heterocycles. The van der Waals surface area contributed by atoms with Crippen molar-refractivity contribution in [2.45, 2.75) is 31.7 Å². The zero-order valence-electron chi connectivity index (χ0n) is 16.1. The molecule has 28 heavy (non-hydrogen) atoms. The first-order valence-electron chi connectivity index (χ1n) is 9.87. The van der Waals surface area contributed by atoms with E-state index in [-0.39, 0.29) is 23.4 Å². The molecule has 3 rings (SSSR count). The summed E-state index contributed by atoms with van der Waals surface area (Å²) in [7, 11) is 0. The van der Waals surface area contributed by atoms with Crippen molar-refractivity contribution >= 4 is 12.0 Å². The van der Waals surface area contributed by atoms with Crippen LogP contribution in [-0.4, -0.2) is 46.7 Å². The number of piperidine rings is 1. The number of aromatic hydroxyl groups is 2. The van der Waals surface area contributed by atoms with Crippen molar-refractivity contribution in [3.05, 3.63) is 65.7 Å². The molecule has 0 saturated carbocycles. The highest BCUT2D eigenvalue weighted by Gasteiger charge is 2.19. The third-order valence-electron chi connectivity index (χ3n) is 5.14. The smallest absolute Gasteiger partial charge is 0.244 e. The molecule has 0 spiro atoms. The fourth-order valence-electron chi connectivity index (χ4n) is 3.52. The zero-order valence-corrected chi connectivity index (χ0v) is 16.1. The maximum Gasteiger partial charge on any atom is 0.244 e. The second-order valence-corrected chi connectivity index (χ2v) is 7.30. The molecule has 0 atom stereocenters. The topological polar surface area (TPSA) is 72.8 Å². The number of hydrogen-bond donors (Lipinski definition) is 3. The summed E-state index contributed by atoms with van der Waals surface area (Å²) < 4.78 is 0. The maximum absolute atomic E-state index is 12.1.